The minimum Gasteiger partial charge on any atom is -0.357 e. The van der Waals surface area contributed by atoms with Crippen molar-refractivity contribution < 1.29 is 4.79 Å². The first kappa shape index (κ1) is 12.9. The van der Waals surface area contributed by atoms with Crippen molar-refractivity contribution in [2.75, 3.05) is 5.32 Å². The topological polar surface area (TPSA) is 57.8 Å². The van der Waals surface area contributed by atoms with E-state index >= 15 is 0 Å². The number of amides is 1. The van der Waals surface area contributed by atoms with Gasteiger partial charge in [0.05, 0.1) is 15.2 Å². The molecule has 0 saturated carbocycles. The molecule has 0 saturated heterocycles. The Labute approximate surface area is 120 Å². The molecule has 3 aromatic rings. The van der Waals surface area contributed by atoms with Gasteiger partial charge in [-0.3, -0.25) is 4.79 Å². The third kappa shape index (κ3) is 2.44. The smallest absolute Gasteiger partial charge is 0.272 e. The number of carbonyl (C=O) groups is 1. The maximum Gasteiger partial charge on any atom is 0.272 e. The summed E-state index contributed by atoms with van der Waals surface area (Å²) in [6, 6.07) is 9.35. The Hall–Kier alpha value is -2.14. The molecule has 0 unspecified atom stereocenters. The molecule has 0 aliphatic carbocycles. The summed E-state index contributed by atoms with van der Waals surface area (Å²) in [4.78, 5) is 19.4. The van der Waals surface area contributed by atoms with E-state index in [2.05, 4.69) is 29.1 Å². The number of nitrogens with zero attached hydrogens (tertiary/aromatic N) is 1. The molecule has 3 rings (SSSR count). The molecule has 2 aromatic heterocycles. The van der Waals surface area contributed by atoms with Gasteiger partial charge in [0.25, 0.3) is 5.91 Å². The van der Waals surface area contributed by atoms with E-state index in [1.165, 1.54) is 0 Å². The number of rotatable bonds is 3. The van der Waals surface area contributed by atoms with Crippen molar-refractivity contribution >= 4 is 33.1 Å². The summed E-state index contributed by atoms with van der Waals surface area (Å²) in [5.74, 6) is 0.285. The summed E-state index contributed by atoms with van der Waals surface area (Å²) < 4.78 is 1.10. The average molecular weight is 285 g/mol. The molecule has 0 bridgehead atoms. The number of aromatic amines is 1. The van der Waals surface area contributed by atoms with Gasteiger partial charge in [-0.05, 0) is 30.3 Å². The number of benzene rings is 1. The van der Waals surface area contributed by atoms with E-state index in [0.717, 1.165) is 20.9 Å². The van der Waals surface area contributed by atoms with Crippen LogP contribution in [0.3, 0.4) is 0 Å². The first-order chi connectivity index (χ1) is 9.63. The Morgan fingerprint density at radius 3 is 2.90 bits per heavy atom. The second kappa shape index (κ2) is 5.09. The fraction of sp³-hybridized carbons (Fsp3) is 0.200. The van der Waals surface area contributed by atoms with Gasteiger partial charge in [0.1, 0.15) is 5.69 Å². The van der Waals surface area contributed by atoms with E-state index in [-0.39, 0.29) is 5.91 Å². The molecule has 5 heteroatoms. The van der Waals surface area contributed by atoms with Crippen molar-refractivity contribution in [2.45, 2.75) is 19.8 Å². The van der Waals surface area contributed by atoms with Crippen molar-refractivity contribution in [1.82, 2.24) is 9.97 Å². The average Bonchev–Trinajstić information content (AvgIpc) is 3.07. The quantitative estimate of drug-likeness (QED) is 0.764. The molecule has 2 heterocycles. The lowest BCUT2D eigenvalue weighted by Gasteiger charge is -2.03. The SMILES string of the molecule is CC(C)c1nc2ccc(NC(=O)c3ccc[nH]3)cc2s1. The number of H-pyrrole nitrogens is 1. The van der Waals surface area contributed by atoms with Gasteiger partial charge in [0.15, 0.2) is 0 Å². The van der Waals surface area contributed by atoms with Crippen molar-refractivity contribution in [3.8, 4) is 0 Å². The highest BCUT2D eigenvalue weighted by molar-refractivity contribution is 7.18. The highest BCUT2D eigenvalue weighted by Gasteiger charge is 2.10. The van der Waals surface area contributed by atoms with Crippen molar-refractivity contribution in [1.29, 1.82) is 0 Å². The van der Waals surface area contributed by atoms with Crippen molar-refractivity contribution in [3.63, 3.8) is 0 Å². The maximum absolute atomic E-state index is 12.0. The zero-order valence-electron chi connectivity index (χ0n) is 11.3. The molecule has 4 nitrogen and oxygen atoms in total. The lowest BCUT2D eigenvalue weighted by molar-refractivity contribution is 0.102. The van der Waals surface area contributed by atoms with Gasteiger partial charge < -0.3 is 10.3 Å². The molecule has 1 aromatic carbocycles. The van der Waals surface area contributed by atoms with E-state index in [4.69, 9.17) is 0 Å². The van der Waals surface area contributed by atoms with Crippen LogP contribution in [0.15, 0.2) is 36.5 Å². The molecular formula is C15H15N3OS. The van der Waals surface area contributed by atoms with Crippen LogP contribution in [0, 0.1) is 0 Å². The molecule has 20 heavy (non-hydrogen) atoms. The van der Waals surface area contributed by atoms with Crippen LogP contribution >= 0.6 is 11.3 Å². The molecule has 1 amide bonds. The van der Waals surface area contributed by atoms with E-state index in [1.807, 2.05) is 18.2 Å². The van der Waals surface area contributed by atoms with Gasteiger partial charge in [-0.25, -0.2) is 4.98 Å². The molecule has 0 atom stereocenters. The van der Waals surface area contributed by atoms with Gasteiger partial charge in [0.2, 0.25) is 0 Å². The first-order valence-electron chi connectivity index (χ1n) is 6.49. The van der Waals surface area contributed by atoms with Gasteiger partial charge in [-0.15, -0.1) is 11.3 Å². The highest BCUT2D eigenvalue weighted by Crippen LogP contribution is 2.29. The lowest BCUT2D eigenvalue weighted by Crippen LogP contribution is -2.11. The standard InChI is InChI=1S/C15H15N3OS/c1-9(2)15-18-11-6-5-10(8-13(11)20-15)17-14(19)12-4-3-7-16-12/h3-9,16H,1-2H3,(H,17,19). The van der Waals surface area contributed by atoms with Crippen LogP contribution in [0.5, 0.6) is 0 Å². The minimum atomic E-state index is -0.136. The van der Waals surface area contributed by atoms with Gasteiger partial charge in [-0.2, -0.15) is 0 Å². The van der Waals surface area contributed by atoms with Crippen molar-refractivity contribution in [3.05, 3.63) is 47.2 Å². The van der Waals surface area contributed by atoms with E-state index in [1.54, 1.807) is 29.7 Å². The number of hydrogen-bond acceptors (Lipinski definition) is 3. The van der Waals surface area contributed by atoms with Crippen LogP contribution in [0.2, 0.25) is 0 Å². The fourth-order valence-corrected chi connectivity index (χ4v) is 2.95. The number of hydrogen-bond donors (Lipinski definition) is 2. The summed E-state index contributed by atoms with van der Waals surface area (Å²) >= 11 is 1.67. The summed E-state index contributed by atoms with van der Waals surface area (Å²) in [7, 11) is 0. The zero-order valence-corrected chi connectivity index (χ0v) is 12.1. The predicted molar refractivity (Wildman–Crippen MR) is 82.5 cm³/mol. The van der Waals surface area contributed by atoms with Gasteiger partial charge in [-0.1, -0.05) is 13.8 Å². The molecular weight excluding hydrogens is 270 g/mol. The molecule has 2 N–H and O–H groups in total. The van der Waals surface area contributed by atoms with Crippen LogP contribution in [-0.4, -0.2) is 15.9 Å². The number of fused-ring (bicyclic) bond motifs is 1. The van der Waals surface area contributed by atoms with Crippen LogP contribution in [-0.2, 0) is 0 Å². The minimum absolute atomic E-state index is 0.136. The van der Waals surface area contributed by atoms with E-state index < -0.39 is 0 Å². The Bertz CT molecular complexity index is 744. The molecule has 0 spiro atoms. The lowest BCUT2D eigenvalue weighted by atomic mass is 10.2. The van der Waals surface area contributed by atoms with Gasteiger partial charge >= 0.3 is 0 Å². The van der Waals surface area contributed by atoms with Gasteiger partial charge in [0, 0.05) is 17.8 Å². The van der Waals surface area contributed by atoms with Crippen LogP contribution in [0.25, 0.3) is 10.2 Å². The third-order valence-electron chi connectivity index (χ3n) is 3.00. The fourth-order valence-electron chi connectivity index (χ4n) is 1.94. The number of nitrogens with one attached hydrogen (secondary N) is 2. The normalized spacial score (nSPS) is 11.2. The molecule has 0 fully saturated rings. The highest BCUT2D eigenvalue weighted by atomic mass is 32.1. The van der Waals surface area contributed by atoms with Crippen molar-refractivity contribution in [2.24, 2.45) is 0 Å². The number of carbonyl (C=O) groups excluding carboxylic acids is 1. The number of anilines is 1. The Kier molecular flexibility index (Phi) is 3.28. The second-order valence-electron chi connectivity index (χ2n) is 4.93. The van der Waals surface area contributed by atoms with E-state index in [9.17, 15) is 4.79 Å². The first-order valence-corrected chi connectivity index (χ1v) is 7.30. The van der Waals surface area contributed by atoms with Crippen LogP contribution in [0.1, 0.15) is 35.3 Å². The largest absolute Gasteiger partial charge is 0.357 e. The summed E-state index contributed by atoms with van der Waals surface area (Å²) in [6.07, 6.45) is 1.73. The maximum atomic E-state index is 12.0. The van der Waals surface area contributed by atoms with E-state index in [0.29, 0.717) is 11.6 Å². The number of thiazole rings is 1. The Morgan fingerprint density at radius 1 is 1.35 bits per heavy atom. The van der Waals surface area contributed by atoms with Crippen LogP contribution < -0.4 is 5.32 Å². The summed E-state index contributed by atoms with van der Waals surface area (Å²) in [5, 5.41) is 4.00. The third-order valence-corrected chi connectivity index (χ3v) is 4.32. The molecule has 0 aliphatic heterocycles. The Balaban J connectivity index is 1.87. The summed E-state index contributed by atoms with van der Waals surface area (Å²) in [5.41, 5.74) is 2.32. The van der Waals surface area contributed by atoms with Crippen LogP contribution in [0.4, 0.5) is 5.69 Å². The Morgan fingerprint density at radius 2 is 2.20 bits per heavy atom. The second-order valence-corrected chi connectivity index (χ2v) is 5.99. The molecule has 0 aliphatic rings. The zero-order chi connectivity index (χ0) is 14.1. The predicted octanol–water partition coefficient (Wildman–Crippen LogP) is 4.00. The molecule has 0 radical (unpaired) electrons. The monoisotopic (exact) mass is 285 g/mol. The summed E-state index contributed by atoms with van der Waals surface area (Å²) in [6.45, 7) is 4.26. The number of aromatic nitrogens is 2. The molecule has 102 valence electrons.